The van der Waals surface area contributed by atoms with E-state index < -0.39 is 0 Å². The van der Waals surface area contributed by atoms with Crippen molar-refractivity contribution >= 4 is 17.6 Å². The molecule has 0 aliphatic heterocycles. The first kappa shape index (κ1) is 9.98. The third-order valence-electron chi connectivity index (χ3n) is 1.99. The number of aromatic nitrogens is 1. The van der Waals surface area contributed by atoms with E-state index in [0.717, 1.165) is 5.56 Å². The van der Waals surface area contributed by atoms with Gasteiger partial charge in [0, 0.05) is 11.8 Å². The molecule has 0 aliphatic rings. The zero-order valence-corrected chi connectivity index (χ0v) is 8.84. The van der Waals surface area contributed by atoms with E-state index in [0.29, 0.717) is 21.7 Å². The van der Waals surface area contributed by atoms with Crippen LogP contribution in [-0.4, -0.2) is 11.3 Å². The highest BCUT2D eigenvalue weighted by Gasteiger charge is 2.09. The molecule has 0 N–H and O–H groups in total. The van der Waals surface area contributed by atoms with E-state index in [2.05, 4.69) is 4.98 Å². The monoisotopic (exact) mass is 221 g/mol. The van der Waals surface area contributed by atoms with E-state index >= 15 is 0 Å². The number of nitrogens with zero attached hydrogens (tertiary/aromatic N) is 1. The summed E-state index contributed by atoms with van der Waals surface area (Å²) >= 11 is 1.19. The molecule has 2 rings (SSSR count). The standard InChI is InChI=1S/C11H8FNOS/c1-7-2-3-9(10(12)4-7)11-13-5-8(6-14)15-11/h2-6H,1H3. The molecule has 2 aromatic rings. The maximum absolute atomic E-state index is 13.5. The smallest absolute Gasteiger partial charge is 0.161 e. The van der Waals surface area contributed by atoms with Crippen LogP contribution in [-0.2, 0) is 0 Å². The van der Waals surface area contributed by atoms with Crippen molar-refractivity contribution in [1.82, 2.24) is 4.98 Å². The predicted octanol–water partition coefficient (Wildman–Crippen LogP) is 3.07. The lowest BCUT2D eigenvalue weighted by Gasteiger charge is -1.99. The average molecular weight is 221 g/mol. The lowest BCUT2D eigenvalue weighted by atomic mass is 10.1. The summed E-state index contributed by atoms with van der Waals surface area (Å²) in [7, 11) is 0. The van der Waals surface area contributed by atoms with Gasteiger partial charge in [0.05, 0.1) is 4.88 Å². The molecule has 0 atom stereocenters. The van der Waals surface area contributed by atoms with Crippen LogP contribution in [0.3, 0.4) is 0 Å². The second kappa shape index (κ2) is 3.90. The molecule has 1 aromatic heterocycles. The van der Waals surface area contributed by atoms with Crippen molar-refractivity contribution in [1.29, 1.82) is 0 Å². The van der Waals surface area contributed by atoms with E-state index in [1.54, 1.807) is 6.07 Å². The van der Waals surface area contributed by atoms with Crippen LogP contribution in [0, 0.1) is 12.7 Å². The molecule has 0 fully saturated rings. The summed E-state index contributed by atoms with van der Waals surface area (Å²) in [6.07, 6.45) is 2.17. The lowest BCUT2D eigenvalue weighted by Crippen LogP contribution is -1.84. The summed E-state index contributed by atoms with van der Waals surface area (Å²) in [6, 6.07) is 4.95. The van der Waals surface area contributed by atoms with Gasteiger partial charge in [-0.05, 0) is 24.6 Å². The van der Waals surface area contributed by atoms with E-state index in [-0.39, 0.29) is 5.82 Å². The Kier molecular flexibility index (Phi) is 2.60. The summed E-state index contributed by atoms with van der Waals surface area (Å²) in [5, 5.41) is 0.537. The summed E-state index contributed by atoms with van der Waals surface area (Å²) in [5.41, 5.74) is 1.31. The van der Waals surface area contributed by atoms with Gasteiger partial charge in [0.25, 0.3) is 0 Å². The van der Waals surface area contributed by atoms with Crippen molar-refractivity contribution in [2.45, 2.75) is 6.92 Å². The van der Waals surface area contributed by atoms with E-state index in [1.807, 2.05) is 13.0 Å². The fourth-order valence-corrected chi connectivity index (χ4v) is 2.02. The average Bonchev–Trinajstić information content (AvgIpc) is 2.66. The van der Waals surface area contributed by atoms with Gasteiger partial charge < -0.3 is 0 Å². The Morgan fingerprint density at radius 3 is 2.87 bits per heavy atom. The van der Waals surface area contributed by atoms with E-state index in [1.165, 1.54) is 23.6 Å². The number of halogens is 1. The number of thiazole rings is 1. The quantitative estimate of drug-likeness (QED) is 0.729. The molecule has 0 unspecified atom stereocenters. The van der Waals surface area contributed by atoms with Crippen LogP contribution in [0.5, 0.6) is 0 Å². The highest BCUT2D eigenvalue weighted by Crippen LogP contribution is 2.27. The maximum Gasteiger partial charge on any atom is 0.161 e. The number of carbonyl (C=O) groups excluding carboxylic acids is 1. The first-order valence-corrected chi connectivity index (χ1v) is 5.20. The van der Waals surface area contributed by atoms with Crippen molar-refractivity contribution in [2.24, 2.45) is 0 Å². The van der Waals surface area contributed by atoms with Crippen molar-refractivity contribution in [2.75, 3.05) is 0 Å². The minimum Gasteiger partial charge on any atom is -0.297 e. The Balaban J connectivity index is 2.49. The van der Waals surface area contributed by atoms with Gasteiger partial charge in [-0.2, -0.15) is 0 Å². The zero-order valence-electron chi connectivity index (χ0n) is 8.03. The van der Waals surface area contributed by atoms with Crippen LogP contribution in [0.25, 0.3) is 10.6 Å². The minimum absolute atomic E-state index is 0.304. The van der Waals surface area contributed by atoms with Crippen LogP contribution in [0.4, 0.5) is 4.39 Å². The van der Waals surface area contributed by atoms with Gasteiger partial charge in [-0.3, -0.25) is 4.79 Å². The zero-order chi connectivity index (χ0) is 10.8. The minimum atomic E-state index is -0.304. The summed E-state index contributed by atoms with van der Waals surface area (Å²) < 4.78 is 13.5. The van der Waals surface area contributed by atoms with Gasteiger partial charge in [-0.15, -0.1) is 11.3 Å². The molecule has 1 aromatic carbocycles. The number of carbonyl (C=O) groups is 1. The SMILES string of the molecule is Cc1ccc(-c2ncc(C=O)s2)c(F)c1. The van der Waals surface area contributed by atoms with E-state index in [4.69, 9.17) is 0 Å². The van der Waals surface area contributed by atoms with Crippen molar-refractivity contribution in [3.05, 3.63) is 40.7 Å². The topological polar surface area (TPSA) is 30.0 Å². The van der Waals surface area contributed by atoms with Crippen LogP contribution in [0.2, 0.25) is 0 Å². The highest BCUT2D eigenvalue weighted by atomic mass is 32.1. The molecule has 0 saturated heterocycles. The van der Waals surface area contributed by atoms with Crippen LogP contribution >= 0.6 is 11.3 Å². The molecule has 0 bridgehead atoms. The van der Waals surface area contributed by atoms with Gasteiger partial charge in [0.15, 0.2) is 6.29 Å². The van der Waals surface area contributed by atoms with Gasteiger partial charge in [0.1, 0.15) is 10.8 Å². The second-order valence-electron chi connectivity index (χ2n) is 3.17. The Hall–Kier alpha value is -1.55. The molecular formula is C11H8FNOS. The van der Waals surface area contributed by atoms with Crippen LogP contribution in [0.1, 0.15) is 15.2 Å². The predicted molar refractivity (Wildman–Crippen MR) is 57.6 cm³/mol. The van der Waals surface area contributed by atoms with Gasteiger partial charge in [-0.1, -0.05) is 6.07 Å². The Labute approximate surface area is 90.4 Å². The lowest BCUT2D eigenvalue weighted by molar-refractivity contribution is 0.112. The molecule has 0 saturated carbocycles. The Bertz CT molecular complexity index is 507. The van der Waals surface area contributed by atoms with Crippen LogP contribution in [0.15, 0.2) is 24.4 Å². The van der Waals surface area contributed by atoms with Crippen LogP contribution < -0.4 is 0 Å². The molecule has 15 heavy (non-hydrogen) atoms. The Morgan fingerprint density at radius 1 is 1.47 bits per heavy atom. The number of hydrogen-bond acceptors (Lipinski definition) is 3. The van der Waals surface area contributed by atoms with Crippen molar-refractivity contribution in [3.63, 3.8) is 0 Å². The molecule has 0 aliphatic carbocycles. The molecule has 0 radical (unpaired) electrons. The highest BCUT2D eigenvalue weighted by molar-refractivity contribution is 7.16. The summed E-state index contributed by atoms with van der Waals surface area (Å²) in [6.45, 7) is 1.82. The number of benzene rings is 1. The number of aldehydes is 1. The van der Waals surface area contributed by atoms with Gasteiger partial charge >= 0.3 is 0 Å². The third-order valence-corrected chi connectivity index (χ3v) is 2.95. The van der Waals surface area contributed by atoms with Crippen molar-refractivity contribution in [3.8, 4) is 10.6 Å². The third kappa shape index (κ3) is 1.94. The fraction of sp³-hybridized carbons (Fsp3) is 0.0909. The Morgan fingerprint density at radius 2 is 2.27 bits per heavy atom. The van der Waals surface area contributed by atoms with E-state index in [9.17, 15) is 9.18 Å². The first-order valence-electron chi connectivity index (χ1n) is 4.38. The molecule has 2 nitrogen and oxygen atoms in total. The second-order valence-corrected chi connectivity index (χ2v) is 4.23. The molecular weight excluding hydrogens is 213 g/mol. The van der Waals surface area contributed by atoms with Gasteiger partial charge in [0.2, 0.25) is 0 Å². The molecule has 0 spiro atoms. The normalized spacial score (nSPS) is 10.3. The summed E-state index contributed by atoms with van der Waals surface area (Å²) in [5.74, 6) is -0.304. The summed E-state index contributed by atoms with van der Waals surface area (Å²) in [4.78, 5) is 15.0. The number of hydrogen-bond donors (Lipinski definition) is 0. The molecule has 76 valence electrons. The number of rotatable bonds is 2. The van der Waals surface area contributed by atoms with Crippen molar-refractivity contribution < 1.29 is 9.18 Å². The molecule has 0 amide bonds. The first-order chi connectivity index (χ1) is 7.20. The largest absolute Gasteiger partial charge is 0.297 e. The van der Waals surface area contributed by atoms with Gasteiger partial charge in [-0.25, -0.2) is 9.37 Å². The molecule has 4 heteroatoms. The number of aryl methyl sites for hydroxylation is 1. The molecule has 1 heterocycles. The fourth-order valence-electron chi connectivity index (χ4n) is 1.26. The maximum atomic E-state index is 13.5.